The van der Waals surface area contributed by atoms with Crippen molar-refractivity contribution in [2.24, 2.45) is 23.7 Å². The maximum Gasteiger partial charge on any atom is 0.261 e. The van der Waals surface area contributed by atoms with Crippen LogP contribution in [0.4, 0.5) is 22.0 Å². The second-order valence-corrected chi connectivity index (χ2v) is 29.9. The van der Waals surface area contributed by atoms with Gasteiger partial charge in [-0.1, -0.05) is 29.8 Å². The number of aromatic nitrogens is 10. The lowest BCUT2D eigenvalue weighted by atomic mass is 9.90. The Bertz CT molecular complexity index is 5060. The van der Waals surface area contributed by atoms with Gasteiger partial charge in [0.2, 0.25) is 23.5 Å². The van der Waals surface area contributed by atoms with E-state index in [9.17, 15) is 41.1 Å². The fraction of sp³-hybridized carbons (Fsp3) is 0.388. The Kier molecular flexibility index (Phi) is 24.0. The highest BCUT2D eigenvalue weighted by Crippen LogP contribution is 2.48. The lowest BCUT2D eigenvalue weighted by molar-refractivity contribution is 0.0694. The van der Waals surface area contributed by atoms with E-state index < -0.39 is 23.3 Å². The average molecular weight is 1590 g/mol. The number of benzene rings is 4. The van der Waals surface area contributed by atoms with Crippen LogP contribution in [-0.2, 0) is 0 Å². The molecule has 0 spiro atoms. The highest BCUT2D eigenvalue weighted by molar-refractivity contribution is 6.02. The molecule has 10 aromatic rings. The van der Waals surface area contributed by atoms with E-state index in [1.807, 2.05) is 56.9 Å². The highest BCUT2D eigenvalue weighted by atomic mass is 19.1. The van der Waals surface area contributed by atoms with Gasteiger partial charge < -0.3 is 57.5 Å². The van der Waals surface area contributed by atoms with Gasteiger partial charge in [0, 0.05) is 96.3 Å². The number of carbonyl (C=O) groups is 4. The Morgan fingerprint density at radius 2 is 0.716 bits per heavy atom. The number of pyridine rings is 4. The summed E-state index contributed by atoms with van der Waals surface area (Å²) in [7, 11) is 6.02. The fourth-order valence-electron chi connectivity index (χ4n) is 18.2. The third kappa shape index (κ3) is 16.7. The SMILES string of the molecule is COc1c(F)cccc1C(=O)N1C2CCC1C(COc1ccc(F)cn1)C2.COc1cccc(-n2nccn2)c1C(=O)N1C2CCC1C(COc1ccc(F)cn1)C2.COc1cccc(OC)c1C(=O)N1C2CCC1C(COc1ccc(F)cn1)C2.Cc1ccc(-n2nccn2)c(C(=O)N2C3CCC2C(COc2ccc(F)cn2)C3)c1. The van der Waals surface area contributed by atoms with E-state index in [-0.39, 0.29) is 113 Å². The number of fused-ring (bicyclic) bond motifs is 8. The van der Waals surface area contributed by atoms with Crippen molar-refractivity contribution >= 4 is 23.6 Å². The number of ether oxygens (including phenoxy) is 8. The molecule has 4 aromatic carbocycles. The molecule has 0 radical (unpaired) electrons. The van der Waals surface area contributed by atoms with Gasteiger partial charge in [0.1, 0.15) is 57.3 Å². The Balaban J connectivity index is 0.000000122. The Morgan fingerprint density at radius 3 is 1.09 bits per heavy atom. The summed E-state index contributed by atoms with van der Waals surface area (Å²) in [6.45, 7) is 3.73. The molecule has 0 aliphatic carbocycles. The first-order valence-corrected chi connectivity index (χ1v) is 38.8. The van der Waals surface area contributed by atoms with Gasteiger partial charge in [0.05, 0.1) is 121 Å². The van der Waals surface area contributed by atoms with Crippen molar-refractivity contribution in [3.63, 3.8) is 0 Å². The molecule has 8 fully saturated rings. The zero-order valence-corrected chi connectivity index (χ0v) is 64.5. The predicted octanol–water partition coefficient (Wildman–Crippen LogP) is 12.8. The minimum atomic E-state index is -0.544. The van der Waals surface area contributed by atoms with E-state index in [0.717, 1.165) is 107 Å². The lowest BCUT2D eigenvalue weighted by Gasteiger charge is -2.26. The second kappa shape index (κ2) is 35.2. The quantitative estimate of drug-likeness (QED) is 0.0570. The van der Waals surface area contributed by atoms with E-state index in [0.29, 0.717) is 95.3 Å². The summed E-state index contributed by atoms with van der Waals surface area (Å²) in [6.07, 6.45) is 22.0. The number of carbonyl (C=O) groups excluding carboxylic acids is 4. The fourth-order valence-corrected chi connectivity index (χ4v) is 18.2. The second-order valence-electron chi connectivity index (χ2n) is 29.9. The van der Waals surface area contributed by atoms with Crippen LogP contribution >= 0.6 is 0 Å². The number of para-hydroxylation sites is 1. The number of rotatable bonds is 22. The summed E-state index contributed by atoms with van der Waals surface area (Å²) in [5, 5.41) is 16.8. The molecule has 8 aliphatic heterocycles. The average Bonchev–Trinajstić information content (AvgIpc) is 1.62. The highest BCUT2D eigenvalue weighted by Gasteiger charge is 2.53. The molecule has 6 aromatic heterocycles. The molecule has 14 heterocycles. The van der Waals surface area contributed by atoms with Gasteiger partial charge in [-0.05, 0) is 157 Å². The van der Waals surface area contributed by atoms with E-state index >= 15 is 0 Å². The third-order valence-electron chi connectivity index (χ3n) is 23.3. The number of methoxy groups -OCH3 is 4. The summed E-state index contributed by atoms with van der Waals surface area (Å²) < 4.78 is 110. The number of nitrogens with zero attached hydrogens (tertiary/aromatic N) is 14. The van der Waals surface area contributed by atoms with Gasteiger partial charge in [-0.15, -0.1) is 0 Å². The standard InChI is InChI=1S/C22H22FN5O3.C22H22FN5O2.C21H23FN2O4.C20H20F2N2O3/c1-30-19-4-2-3-18(28-25-9-10-26-28)21(19)22(29)27-16-6-7-17(27)14(11-16)13-31-20-8-5-15(23)12-24-20;1-14-2-5-20(28-25-8-9-26-28)18(10-14)22(29)27-17-4-6-19(27)15(11-17)13-30-21-7-3-16(23)12-24-21;1-26-17-4-3-5-18(27-2)20(17)21(25)24-15-7-8-16(24)13(10-15)12-28-19-9-6-14(22)11-23-19;1-26-19-15(3-2-4-16(19)22)20(25)24-14-6-7-17(24)12(9-14)11-27-18-8-5-13(21)10-23-18/h2-5,8-10,12,14,16-17H,6-7,11,13H2,1H3;2-3,5,7-10,12,15,17,19H,4,6,11,13H2,1H3;3-6,9,11,13,15-16H,7-8,10,12H2,1-2H3;2-5,8,10,12,14,17H,6-7,9,11H2,1H3. The first-order valence-electron chi connectivity index (χ1n) is 38.8. The molecule has 12 unspecified atom stereocenters. The molecule has 604 valence electrons. The molecule has 116 heavy (non-hydrogen) atoms. The van der Waals surface area contributed by atoms with Crippen LogP contribution in [0.15, 0.2) is 171 Å². The smallest absolute Gasteiger partial charge is 0.261 e. The Labute approximate surface area is 665 Å². The van der Waals surface area contributed by atoms with E-state index in [1.165, 1.54) is 77.4 Å². The van der Waals surface area contributed by atoms with Crippen molar-refractivity contribution < 1.29 is 79.0 Å². The number of hydrogen-bond donors (Lipinski definition) is 0. The minimum absolute atomic E-state index is 0.0147. The van der Waals surface area contributed by atoms with E-state index in [1.54, 1.807) is 76.4 Å². The number of aryl methyl sites for hydroxylation is 1. The van der Waals surface area contributed by atoms with E-state index in [4.69, 9.17) is 37.9 Å². The zero-order valence-electron chi connectivity index (χ0n) is 64.5. The van der Waals surface area contributed by atoms with Crippen LogP contribution in [0.25, 0.3) is 11.4 Å². The molecule has 12 atom stereocenters. The summed E-state index contributed by atoms with van der Waals surface area (Å²) >= 11 is 0. The predicted molar refractivity (Wildman–Crippen MR) is 410 cm³/mol. The van der Waals surface area contributed by atoms with Gasteiger partial charge in [0.15, 0.2) is 11.6 Å². The molecule has 0 N–H and O–H groups in total. The van der Waals surface area contributed by atoms with Gasteiger partial charge in [-0.2, -0.15) is 30.0 Å². The van der Waals surface area contributed by atoms with Gasteiger partial charge in [-0.25, -0.2) is 41.9 Å². The molecule has 8 aliphatic rings. The van der Waals surface area contributed by atoms with Crippen molar-refractivity contribution in [2.75, 3.05) is 54.9 Å². The molecule has 0 saturated carbocycles. The van der Waals surface area contributed by atoms with Crippen molar-refractivity contribution in [3.8, 4) is 57.9 Å². The monoisotopic (exact) mass is 1590 g/mol. The van der Waals surface area contributed by atoms with Gasteiger partial charge in [-0.3, -0.25) is 19.2 Å². The van der Waals surface area contributed by atoms with E-state index in [2.05, 4.69) is 40.3 Å². The van der Waals surface area contributed by atoms with Crippen molar-refractivity contribution in [3.05, 3.63) is 228 Å². The lowest BCUT2D eigenvalue weighted by Crippen LogP contribution is -2.38. The van der Waals surface area contributed by atoms with Crippen LogP contribution in [0.3, 0.4) is 0 Å². The van der Waals surface area contributed by atoms with Crippen LogP contribution in [0.1, 0.15) is 124 Å². The van der Waals surface area contributed by atoms with Crippen molar-refractivity contribution in [1.29, 1.82) is 0 Å². The number of amides is 4. The molecule has 8 saturated heterocycles. The van der Waals surface area contributed by atoms with Crippen molar-refractivity contribution in [2.45, 2.75) is 132 Å². The maximum atomic E-state index is 14.0. The number of hydrogen-bond acceptors (Lipinski definition) is 20. The van der Waals surface area contributed by atoms with Crippen LogP contribution in [0.5, 0.6) is 46.5 Å². The maximum absolute atomic E-state index is 14.0. The summed E-state index contributed by atoms with van der Waals surface area (Å²) in [5.41, 5.74) is 4.07. The first kappa shape index (κ1) is 78.9. The molecule has 26 nitrogen and oxygen atoms in total. The largest absolute Gasteiger partial charge is 0.496 e. The molecule has 31 heteroatoms. The van der Waals surface area contributed by atoms with Crippen LogP contribution in [0.2, 0.25) is 0 Å². The van der Waals surface area contributed by atoms with Gasteiger partial charge in [0.25, 0.3) is 23.6 Å². The molecule has 4 amide bonds. The minimum Gasteiger partial charge on any atom is -0.496 e. The molecule has 8 bridgehead atoms. The summed E-state index contributed by atoms with van der Waals surface area (Å²) in [5.74, 6) is 1.38. The Morgan fingerprint density at radius 1 is 0.371 bits per heavy atom. The third-order valence-corrected chi connectivity index (χ3v) is 23.3. The summed E-state index contributed by atoms with van der Waals surface area (Å²) in [6, 6.07) is 33.2. The van der Waals surface area contributed by atoms with Crippen molar-refractivity contribution in [1.82, 2.24) is 69.5 Å². The topological polar surface area (TPSA) is 268 Å². The van der Waals surface area contributed by atoms with Crippen LogP contribution in [-0.4, -0.2) is 196 Å². The normalized spacial score (nSPS) is 22.7. The zero-order chi connectivity index (χ0) is 80.7. The summed E-state index contributed by atoms with van der Waals surface area (Å²) in [4.78, 5) is 80.3. The van der Waals surface area contributed by atoms with Crippen LogP contribution < -0.4 is 37.9 Å². The molecule has 18 rings (SSSR count). The number of halogens is 5. The molecular formula is C85H87F5N14O12. The molecular weight excluding hydrogens is 1500 g/mol. The van der Waals surface area contributed by atoms with Crippen LogP contribution in [0, 0.1) is 59.7 Å². The van der Waals surface area contributed by atoms with Gasteiger partial charge >= 0.3 is 0 Å². The first-order chi connectivity index (χ1) is 56.4. The Hall–Kier alpha value is -12.3.